The van der Waals surface area contributed by atoms with Gasteiger partial charge in [0.05, 0.1) is 23.3 Å². The molecule has 0 aliphatic heterocycles. The van der Waals surface area contributed by atoms with Crippen LogP contribution in [-0.4, -0.2) is 32.6 Å². The van der Waals surface area contributed by atoms with Gasteiger partial charge in [-0.3, -0.25) is 14.9 Å². The zero-order valence-corrected chi connectivity index (χ0v) is 11.4. The number of rotatable bonds is 4. The van der Waals surface area contributed by atoms with Crippen molar-refractivity contribution < 1.29 is 14.8 Å². The number of carbonyl (C=O) groups is 1. The molecule has 2 rings (SSSR count). The van der Waals surface area contributed by atoms with Gasteiger partial charge in [-0.25, -0.2) is 0 Å². The zero-order chi connectivity index (χ0) is 14.7. The molecular formula is C13H19N3O4. The second kappa shape index (κ2) is 6.04. The van der Waals surface area contributed by atoms with Crippen molar-refractivity contribution in [1.82, 2.24) is 9.88 Å². The molecule has 0 spiro atoms. The van der Waals surface area contributed by atoms with Gasteiger partial charge in [0.2, 0.25) is 0 Å². The lowest BCUT2D eigenvalue weighted by molar-refractivity contribution is -0.384. The van der Waals surface area contributed by atoms with Gasteiger partial charge in [0.25, 0.3) is 11.6 Å². The predicted molar refractivity (Wildman–Crippen MR) is 72.5 cm³/mol. The van der Waals surface area contributed by atoms with Gasteiger partial charge in [0.15, 0.2) is 0 Å². The van der Waals surface area contributed by atoms with E-state index in [1.807, 2.05) is 6.92 Å². The third-order valence-corrected chi connectivity index (χ3v) is 3.71. The molecule has 0 aromatic carbocycles. The molecule has 20 heavy (non-hydrogen) atoms. The third kappa shape index (κ3) is 2.98. The third-order valence-electron chi connectivity index (χ3n) is 3.71. The first-order valence-corrected chi connectivity index (χ1v) is 6.86. The minimum atomic E-state index is -0.535. The molecule has 1 fully saturated rings. The normalized spacial score (nSPS) is 22.5. The van der Waals surface area contributed by atoms with Crippen LogP contribution in [0.4, 0.5) is 5.69 Å². The Bertz CT molecular complexity index is 512. The number of hydrogen-bond donors (Lipinski definition) is 2. The monoisotopic (exact) mass is 281 g/mol. The van der Waals surface area contributed by atoms with Crippen LogP contribution in [0.2, 0.25) is 0 Å². The summed E-state index contributed by atoms with van der Waals surface area (Å²) in [5, 5.41) is 23.4. The van der Waals surface area contributed by atoms with Crippen LogP contribution in [0.25, 0.3) is 0 Å². The number of hydrogen-bond acceptors (Lipinski definition) is 4. The van der Waals surface area contributed by atoms with E-state index < -0.39 is 11.0 Å². The molecule has 1 saturated carbocycles. The molecule has 2 N–H and O–H groups in total. The molecule has 0 saturated heterocycles. The Morgan fingerprint density at radius 1 is 1.55 bits per heavy atom. The summed E-state index contributed by atoms with van der Waals surface area (Å²) in [7, 11) is 0. The van der Waals surface area contributed by atoms with Crippen molar-refractivity contribution in [2.45, 2.75) is 51.3 Å². The first-order chi connectivity index (χ1) is 9.52. The van der Waals surface area contributed by atoms with Crippen LogP contribution in [0.5, 0.6) is 0 Å². The average molecular weight is 281 g/mol. The second-order valence-electron chi connectivity index (χ2n) is 5.06. The molecule has 1 amide bonds. The van der Waals surface area contributed by atoms with Crippen LogP contribution in [0.3, 0.4) is 0 Å². The average Bonchev–Trinajstić information content (AvgIpc) is 2.85. The van der Waals surface area contributed by atoms with Crippen LogP contribution < -0.4 is 5.32 Å². The maximum atomic E-state index is 12.2. The first kappa shape index (κ1) is 14.5. The van der Waals surface area contributed by atoms with Crippen LogP contribution in [0.1, 0.15) is 43.1 Å². The van der Waals surface area contributed by atoms with Gasteiger partial charge in [-0.05, 0) is 19.8 Å². The fourth-order valence-corrected chi connectivity index (χ4v) is 2.57. The highest BCUT2D eigenvalue weighted by atomic mass is 16.6. The van der Waals surface area contributed by atoms with E-state index in [0.29, 0.717) is 13.0 Å². The first-order valence-electron chi connectivity index (χ1n) is 6.86. The van der Waals surface area contributed by atoms with E-state index in [4.69, 9.17) is 0 Å². The minimum Gasteiger partial charge on any atom is -0.391 e. The molecule has 0 radical (unpaired) electrons. The summed E-state index contributed by atoms with van der Waals surface area (Å²) >= 11 is 0. The molecule has 1 aliphatic rings. The zero-order valence-electron chi connectivity index (χ0n) is 11.4. The summed E-state index contributed by atoms with van der Waals surface area (Å²) < 4.78 is 1.54. The molecule has 110 valence electrons. The molecule has 1 aromatic rings. The summed E-state index contributed by atoms with van der Waals surface area (Å²) in [6, 6.07) is 1.00. The van der Waals surface area contributed by atoms with Gasteiger partial charge < -0.3 is 15.0 Å². The van der Waals surface area contributed by atoms with E-state index in [1.54, 1.807) is 4.57 Å². The highest BCUT2D eigenvalue weighted by molar-refractivity contribution is 5.93. The lowest BCUT2D eigenvalue weighted by atomic mass is 9.92. The number of amides is 1. The molecule has 0 bridgehead atoms. The Morgan fingerprint density at radius 2 is 2.25 bits per heavy atom. The van der Waals surface area contributed by atoms with E-state index in [1.165, 1.54) is 12.3 Å². The smallest absolute Gasteiger partial charge is 0.287 e. The number of nitrogens with zero attached hydrogens (tertiary/aromatic N) is 2. The quantitative estimate of drug-likeness (QED) is 0.644. The van der Waals surface area contributed by atoms with Gasteiger partial charge in [-0.2, -0.15) is 0 Å². The van der Waals surface area contributed by atoms with E-state index in [0.717, 1.165) is 19.3 Å². The van der Waals surface area contributed by atoms with Gasteiger partial charge in [0, 0.05) is 12.6 Å². The molecule has 1 heterocycles. The Balaban J connectivity index is 2.13. The fraction of sp³-hybridized carbons (Fsp3) is 0.615. The number of aliphatic hydroxyl groups is 1. The highest BCUT2D eigenvalue weighted by Gasteiger charge is 2.26. The minimum absolute atomic E-state index is 0.0961. The van der Waals surface area contributed by atoms with Crippen LogP contribution in [-0.2, 0) is 6.54 Å². The van der Waals surface area contributed by atoms with Crippen LogP contribution in [0, 0.1) is 10.1 Å². The van der Waals surface area contributed by atoms with Gasteiger partial charge in [-0.1, -0.05) is 12.8 Å². The summed E-state index contributed by atoms with van der Waals surface area (Å²) in [4.78, 5) is 22.5. The van der Waals surface area contributed by atoms with E-state index >= 15 is 0 Å². The van der Waals surface area contributed by atoms with E-state index in [2.05, 4.69) is 5.32 Å². The maximum Gasteiger partial charge on any atom is 0.287 e. The Morgan fingerprint density at radius 3 is 2.85 bits per heavy atom. The summed E-state index contributed by atoms with van der Waals surface area (Å²) in [5.74, 6) is -0.370. The lowest BCUT2D eigenvalue weighted by Gasteiger charge is -2.28. The van der Waals surface area contributed by atoms with Crippen molar-refractivity contribution in [3.05, 3.63) is 28.1 Å². The standard InChI is InChI=1S/C13H19N3O4/c1-2-15-8-9(16(19)20)7-11(15)13(18)14-10-5-3-4-6-12(10)17/h7-8,10,12,17H,2-6H2,1H3,(H,14,18)/t10-,12-/m0/s1. The molecule has 1 aromatic heterocycles. The van der Waals surface area contributed by atoms with Crippen molar-refractivity contribution in [3.63, 3.8) is 0 Å². The van der Waals surface area contributed by atoms with Crippen LogP contribution >= 0.6 is 0 Å². The number of carbonyl (C=O) groups excluding carboxylic acids is 1. The second-order valence-corrected chi connectivity index (χ2v) is 5.06. The molecule has 7 heteroatoms. The van der Waals surface area contributed by atoms with Crippen molar-refractivity contribution in [3.8, 4) is 0 Å². The number of aromatic nitrogens is 1. The molecule has 2 atom stereocenters. The van der Waals surface area contributed by atoms with E-state index in [-0.39, 0.29) is 23.3 Å². The van der Waals surface area contributed by atoms with Crippen molar-refractivity contribution >= 4 is 11.6 Å². The fourth-order valence-electron chi connectivity index (χ4n) is 2.57. The van der Waals surface area contributed by atoms with E-state index in [9.17, 15) is 20.0 Å². The number of aryl methyl sites for hydroxylation is 1. The van der Waals surface area contributed by atoms with Gasteiger partial charge in [0.1, 0.15) is 5.69 Å². The van der Waals surface area contributed by atoms with Gasteiger partial charge >= 0.3 is 0 Å². The molecule has 0 unspecified atom stereocenters. The maximum absolute atomic E-state index is 12.2. The Kier molecular flexibility index (Phi) is 4.39. The molecule has 1 aliphatic carbocycles. The summed E-state index contributed by atoms with van der Waals surface area (Å²) in [6.07, 6.45) is 4.17. The van der Waals surface area contributed by atoms with Crippen molar-refractivity contribution in [2.24, 2.45) is 0 Å². The molecular weight excluding hydrogens is 262 g/mol. The Hall–Kier alpha value is -1.89. The van der Waals surface area contributed by atoms with Crippen LogP contribution in [0.15, 0.2) is 12.3 Å². The Labute approximate surface area is 116 Å². The molecule has 7 nitrogen and oxygen atoms in total. The number of nitrogens with one attached hydrogen (secondary N) is 1. The topological polar surface area (TPSA) is 97.4 Å². The summed E-state index contributed by atoms with van der Waals surface area (Å²) in [5.41, 5.74) is 0.165. The highest BCUT2D eigenvalue weighted by Crippen LogP contribution is 2.20. The number of aliphatic hydroxyl groups excluding tert-OH is 1. The number of nitro groups is 1. The summed E-state index contributed by atoms with van der Waals surface area (Å²) in [6.45, 7) is 2.29. The van der Waals surface area contributed by atoms with Crippen molar-refractivity contribution in [1.29, 1.82) is 0 Å². The SMILES string of the molecule is CCn1cc([N+](=O)[O-])cc1C(=O)N[C@H]1CCCC[C@@H]1O. The lowest BCUT2D eigenvalue weighted by Crippen LogP contribution is -2.45. The van der Waals surface area contributed by atoms with Gasteiger partial charge in [-0.15, -0.1) is 0 Å². The largest absolute Gasteiger partial charge is 0.391 e. The predicted octanol–water partition coefficient (Wildman–Crippen LogP) is 1.45. The van der Waals surface area contributed by atoms with Crippen molar-refractivity contribution in [2.75, 3.05) is 0 Å².